The zero-order valence-electron chi connectivity index (χ0n) is 15.5. The number of carboxylic acids is 1. The summed E-state index contributed by atoms with van der Waals surface area (Å²) in [6, 6.07) is 19.2. The van der Waals surface area contributed by atoms with Gasteiger partial charge >= 0.3 is 5.97 Å². The van der Waals surface area contributed by atoms with E-state index < -0.39 is 28.4 Å². The van der Waals surface area contributed by atoms with Gasteiger partial charge in [0.2, 0.25) is 0 Å². The summed E-state index contributed by atoms with van der Waals surface area (Å²) in [5, 5.41) is 11.4. The molecule has 3 aromatic rings. The third-order valence-electron chi connectivity index (χ3n) is 4.12. The minimum atomic E-state index is -3.77. The first-order valence-electron chi connectivity index (χ1n) is 8.73. The Hall–Kier alpha value is -3.36. The van der Waals surface area contributed by atoms with Crippen LogP contribution in [0.3, 0.4) is 0 Å². The molecule has 0 spiro atoms. The molecule has 0 unspecified atom stereocenters. The van der Waals surface area contributed by atoms with Gasteiger partial charge in [-0.05, 0) is 59.7 Å². The lowest BCUT2D eigenvalue weighted by Gasteiger charge is -2.10. The fraction of sp³-hybridized carbons (Fsp3) is 0.0476. The maximum Gasteiger partial charge on any atom is 0.322 e. The van der Waals surface area contributed by atoms with E-state index in [2.05, 4.69) is 10.0 Å². The van der Waals surface area contributed by atoms with Crippen LogP contribution in [0.1, 0.15) is 10.4 Å². The van der Waals surface area contributed by atoms with Gasteiger partial charge in [-0.25, -0.2) is 8.42 Å². The highest BCUT2D eigenvalue weighted by Crippen LogP contribution is 2.25. The molecule has 7 nitrogen and oxygen atoms in total. The molecule has 0 saturated heterocycles. The fourth-order valence-corrected chi connectivity index (χ4v) is 3.84. The second-order valence-electron chi connectivity index (χ2n) is 6.29. The van der Waals surface area contributed by atoms with E-state index in [1.54, 1.807) is 48.5 Å². The van der Waals surface area contributed by atoms with Crippen molar-refractivity contribution in [3.8, 4) is 11.1 Å². The normalized spacial score (nSPS) is 11.0. The Bertz CT molecular complexity index is 1180. The molecular formula is C21H17ClN2O5S. The number of aliphatic carboxylic acids is 1. The molecule has 1 amide bonds. The molecule has 3 N–H and O–H groups in total. The Morgan fingerprint density at radius 3 is 2.20 bits per heavy atom. The van der Waals surface area contributed by atoms with E-state index in [-0.39, 0.29) is 4.90 Å². The van der Waals surface area contributed by atoms with Crippen molar-refractivity contribution in [2.24, 2.45) is 0 Å². The predicted octanol–water partition coefficient (Wildman–Crippen LogP) is 3.62. The van der Waals surface area contributed by atoms with Crippen LogP contribution in [0.4, 0.5) is 5.69 Å². The van der Waals surface area contributed by atoms with Crippen LogP contribution in [0.2, 0.25) is 5.02 Å². The van der Waals surface area contributed by atoms with Crippen molar-refractivity contribution in [3.05, 3.63) is 83.4 Å². The van der Waals surface area contributed by atoms with Crippen molar-refractivity contribution < 1.29 is 23.1 Å². The zero-order chi connectivity index (χ0) is 21.7. The maximum atomic E-state index is 12.5. The van der Waals surface area contributed by atoms with E-state index in [0.29, 0.717) is 16.3 Å². The number of nitrogens with one attached hydrogen (secondary N) is 2. The summed E-state index contributed by atoms with van der Waals surface area (Å²) in [7, 11) is -3.77. The maximum absolute atomic E-state index is 12.5. The van der Waals surface area contributed by atoms with Crippen LogP contribution in [-0.2, 0) is 14.8 Å². The molecule has 154 valence electrons. The van der Waals surface area contributed by atoms with E-state index in [9.17, 15) is 18.0 Å². The molecule has 0 aromatic heterocycles. The minimum absolute atomic E-state index is 0.0917. The van der Waals surface area contributed by atoms with Gasteiger partial charge in [0.15, 0.2) is 0 Å². The van der Waals surface area contributed by atoms with Crippen molar-refractivity contribution >= 4 is 39.2 Å². The molecule has 0 aliphatic carbocycles. The molecule has 0 aliphatic rings. The Labute approximate surface area is 178 Å². The summed E-state index contributed by atoms with van der Waals surface area (Å²) in [6.07, 6.45) is 0. The molecule has 0 saturated carbocycles. The molecule has 0 bridgehead atoms. The number of halogens is 1. The Balaban J connectivity index is 1.77. The third-order valence-corrected chi connectivity index (χ3v) is 5.77. The number of rotatable bonds is 7. The average Bonchev–Trinajstić information content (AvgIpc) is 2.72. The summed E-state index contributed by atoms with van der Waals surface area (Å²) in [5.74, 6) is -1.62. The second-order valence-corrected chi connectivity index (χ2v) is 8.41. The molecule has 0 radical (unpaired) electrons. The zero-order valence-corrected chi connectivity index (χ0v) is 17.1. The number of anilines is 1. The fourth-order valence-electron chi connectivity index (χ4n) is 2.66. The van der Waals surface area contributed by atoms with Crippen molar-refractivity contribution in [1.82, 2.24) is 5.32 Å². The summed E-state index contributed by atoms with van der Waals surface area (Å²) < 4.78 is 27.6. The lowest BCUT2D eigenvalue weighted by molar-refractivity contribution is -0.135. The summed E-state index contributed by atoms with van der Waals surface area (Å²) in [6.45, 7) is -0.462. The first-order chi connectivity index (χ1) is 14.2. The van der Waals surface area contributed by atoms with Gasteiger partial charge in [-0.15, -0.1) is 0 Å². The van der Waals surface area contributed by atoms with Gasteiger partial charge in [0.1, 0.15) is 6.54 Å². The summed E-state index contributed by atoms with van der Waals surface area (Å²) in [5.41, 5.74) is 2.20. The molecule has 30 heavy (non-hydrogen) atoms. The lowest BCUT2D eigenvalue weighted by Crippen LogP contribution is -2.29. The molecule has 0 fully saturated rings. The molecule has 0 aliphatic heterocycles. The molecule has 3 aromatic carbocycles. The van der Waals surface area contributed by atoms with Crippen LogP contribution in [0, 0.1) is 0 Å². The highest BCUT2D eigenvalue weighted by Gasteiger charge is 2.14. The predicted molar refractivity (Wildman–Crippen MR) is 114 cm³/mol. The molecular weight excluding hydrogens is 428 g/mol. The van der Waals surface area contributed by atoms with Gasteiger partial charge in [-0.1, -0.05) is 35.9 Å². The van der Waals surface area contributed by atoms with Crippen molar-refractivity contribution in [3.63, 3.8) is 0 Å². The monoisotopic (exact) mass is 444 g/mol. The van der Waals surface area contributed by atoms with Gasteiger partial charge < -0.3 is 10.4 Å². The van der Waals surface area contributed by atoms with E-state index in [4.69, 9.17) is 16.7 Å². The second kappa shape index (κ2) is 8.98. The van der Waals surface area contributed by atoms with Crippen molar-refractivity contribution in [1.29, 1.82) is 0 Å². The third kappa shape index (κ3) is 5.37. The molecule has 3 rings (SSSR count). The van der Waals surface area contributed by atoms with E-state index in [1.165, 1.54) is 24.3 Å². The number of amides is 1. The largest absolute Gasteiger partial charge is 0.480 e. The Kier molecular flexibility index (Phi) is 6.39. The van der Waals surface area contributed by atoms with Gasteiger partial charge in [0.05, 0.1) is 4.90 Å². The Morgan fingerprint density at radius 1 is 0.900 bits per heavy atom. The van der Waals surface area contributed by atoms with Crippen molar-refractivity contribution in [2.75, 3.05) is 11.3 Å². The Morgan fingerprint density at radius 2 is 1.57 bits per heavy atom. The van der Waals surface area contributed by atoms with E-state index in [0.717, 1.165) is 11.1 Å². The SMILES string of the molecule is O=C(O)CNC(=O)c1ccc(-c2cccc(NS(=O)(=O)c3ccc(Cl)cc3)c2)cc1. The van der Waals surface area contributed by atoms with Crippen LogP contribution < -0.4 is 10.0 Å². The highest BCUT2D eigenvalue weighted by molar-refractivity contribution is 7.92. The minimum Gasteiger partial charge on any atom is -0.480 e. The van der Waals surface area contributed by atoms with Crippen LogP contribution in [0.5, 0.6) is 0 Å². The first-order valence-corrected chi connectivity index (χ1v) is 10.6. The van der Waals surface area contributed by atoms with Gasteiger partial charge in [-0.2, -0.15) is 0 Å². The first kappa shape index (κ1) is 21.4. The summed E-state index contributed by atoms with van der Waals surface area (Å²) in [4.78, 5) is 22.5. The molecule has 9 heteroatoms. The van der Waals surface area contributed by atoms with Gasteiger partial charge in [-0.3, -0.25) is 14.3 Å². The van der Waals surface area contributed by atoms with E-state index >= 15 is 0 Å². The number of carboxylic acid groups (broad SMARTS) is 1. The van der Waals surface area contributed by atoms with Crippen LogP contribution in [0.25, 0.3) is 11.1 Å². The highest BCUT2D eigenvalue weighted by atomic mass is 35.5. The van der Waals surface area contributed by atoms with Crippen LogP contribution in [-0.4, -0.2) is 31.9 Å². The standard InChI is InChI=1S/C21H17ClN2O5S/c22-17-8-10-19(11-9-17)30(28,29)24-18-3-1-2-16(12-18)14-4-6-15(7-5-14)21(27)23-13-20(25)26/h1-12,24H,13H2,(H,23,27)(H,25,26). The van der Waals surface area contributed by atoms with Gasteiger partial charge in [0, 0.05) is 16.3 Å². The summed E-state index contributed by atoms with van der Waals surface area (Å²) >= 11 is 5.81. The van der Waals surface area contributed by atoms with Crippen molar-refractivity contribution in [2.45, 2.75) is 4.90 Å². The number of carbonyl (C=O) groups excluding carboxylic acids is 1. The number of hydrogen-bond acceptors (Lipinski definition) is 4. The van der Waals surface area contributed by atoms with E-state index in [1.807, 2.05) is 0 Å². The van der Waals surface area contributed by atoms with Gasteiger partial charge in [0.25, 0.3) is 15.9 Å². The van der Waals surface area contributed by atoms with Crippen LogP contribution >= 0.6 is 11.6 Å². The smallest absolute Gasteiger partial charge is 0.322 e. The van der Waals surface area contributed by atoms with Crippen LogP contribution in [0.15, 0.2) is 77.7 Å². The number of benzene rings is 3. The number of sulfonamides is 1. The molecule has 0 heterocycles. The lowest BCUT2D eigenvalue weighted by atomic mass is 10.0. The topological polar surface area (TPSA) is 113 Å². The number of carbonyl (C=O) groups is 2. The average molecular weight is 445 g/mol. The number of hydrogen-bond donors (Lipinski definition) is 3. The quantitative estimate of drug-likeness (QED) is 0.515. The molecule has 0 atom stereocenters.